The average Bonchev–Trinajstić information content (AvgIpc) is 3.11. The Bertz CT molecular complexity index is 548. The lowest BCUT2D eigenvalue weighted by atomic mass is 10.1. The summed E-state index contributed by atoms with van der Waals surface area (Å²) in [6, 6.07) is 4.80. The number of nitrogens with two attached hydrogens (primary N) is 1. The highest BCUT2D eigenvalue weighted by Crippen LogP contribution is 2.48. The Balaban J connectivity index is 2.13. The van der Waals surface area contributed by atoms with Crippen molar-refractivity contribution in [3.8, 4) is 0 Å². The molecule has 1 saturated carbocycles. The predicted molar refractivity (Wildman–Crippen MR) is 72.7 cm³/mol. The Morgan fingerprint density at radius 2 is 2.06 bits per heavy atom. The van der Waals surface area contributed by atoms with Gasteiger partial charge in [0.1, 0.15) is 0 Å². The molecular weight excluding hydrogens is 248 g/mol. The average molecular weight is 268 g/mol. The maximum atomic E-state index is 12.1. The highest BCUT2D eigenvalue weighted by Gasteiger charge is 2.41. The van der Waals surface area contributed by atoms with Crippen molar-refractivity contribution < 1.29 is 8.42 Å². The number of benzene rings is 1. The van der Waals surface area contributed by atoms with Gasteiger partial charge in [-0.2, -0.15) is 0 Å². The number of hydrogen-bond acceptors (Lipinski definition) is 3. The number of nitrogen functional groups attached to an aromatic ring is 1. The Kier molecular flexibility index (Phi) is 3.38. The van der Waals surface area contributed by atoms with Crippen molar-refractivity contribution in [1.82, 2.24) is 4.72 Å². The molecule has 0 bridgehead atoms. The maximum Gasteiger partial charge on any atom is 0.240 e. The lowest BCUT2D eigenvalue weighted by Crippen LogP contribution is -2.30. The number of aryl methyl sites for hydroxylation is 1. The maximum absolute atomic E-state index is 12.1. The molecule has 0 amide bonds. The van der Waals surface area contributed by atoms with E-state index in [1.54, 1.807) is 18.2 Å². The number of sulfonamides is 1. The van der Waals surface area contributed by atoms with Crippen LogP contribution < -0.4 is 10.5 Å². The van der Waals surface area contributed by atoms with Crippen LogP contribution in [0.15, 0.2) is 23.1 Å². The fourth-order valence-corrected chi connectivity index (χ4v) is 3.22. The van der Waals surface area contributed by atoms with Crippen molar-refractivity contribution in [3.63, 3.8) is 0 Å². The van der Waals surface area contributed by atoms with Gasteiger partial charge < -0.3 is 5.73 Å². The van der Waals surface area contributed by atoms with Gasteiger partial charge in [-0.15, -0.1) is 0 Å². The lowest BCUT2D eigenvalue weighted by molar-refractivity contribution is 0.475. The molecule has 0 aliphatic heterocycles. The van der Waals surface area contributed by atoms with Gasteiger partial charge in [-0.25, -0.2) is 13.1 Å². The fourth-order valence-electron chi connectivity index (χ4n) is 1.98. The summed E-state index contributed by atoms with van der Waals surface area (Å²) < 4.78 is 27.0. The molecule has 1 fully saturated rings. The van der Waals surface area contributed by atoms with E-state index in [9.17, 15) is 8.42 Å². The molecule has 0 spiro atoms. The Labute approximate surface area is 109 Å². The minimum absolute atomic E-state index is 0.204. The summed E-state index contributed by atoms with van der Waals surface area (Å²) in [6.45, 7) is 4.45. The second-order valence-electron chi connectivity index (χ2n) is 5.20. The van der Waals surface area contributed by atoms with Crippen LogP contribution in [0.25, 0.3) is 0 Å². The van der Waals surface area contributed by atoms with Gasteiger partial charge in [0.2, 0.25) is 10.0 Å². The van der Waals surface area contributed by atoms with Crippen molar-refractivity contribution >= 4 is 15.7 Å². The van der Waals surface area contributed by atoms with Crippen LogP contribution in [0.4, 0.5) is 5.69 Å². The number of rotatable bonds is 5. The van der Waals surface area contributed by atoms with Crippen molar-refractivity contribution in [2.75, 3.05) is 12.3 Å². The van der Waals surface area contributed by atoms with Gasteiger partial charge >= 0.3 is 0 Å². The van der Waals surface area contributed by atoms with E-state index in [2.05, 4.69) is 11.6 Å². The highest BCUT2D eigenvalue weighted by molar-refractivity contribution is 7.89. The zero-order chi connectivity index (χ0) is 13.4. The van der Waals surface area contributed by atoms with Gasteiger partial charge in [0.15, 0.2) is 0 Å². The molecule has 1 aromatic carbocycles. The van der Waals surface area contributed by atoms with Crippen LogP contribution in [0, 0.1) is 12.3 Å². The molecule has 0 unspecified atom stereocenters. The molecule has 1 aliphatic rings. The van der Waals surface area contributed by atoms with Crippen molar-refractivity contribution in [2.24, 2.45) is 5.41 Å². The van der Waals surface area contributed by atoms with E-state index in [1.165, 1.54) is 0 Å². The molecule has 0 heterocycles. The molecule has 0 saturated heterocycles. The van der Waals surface area contributed by atoms with Gasteiger partial charge in [-0.05, 0) is 55.4 Å². The molecule has 100 valence electrons. The van der Waals surface area contributed by atoms with Crippen LogP contribution in [0.2, 0.25) is 0 Å². The molecular formula is C13H20N2O2S. The van der Waals surface area contributed by atoms with Gasteiger partial charge in [0.05, 0.1) is 4.90 Å². The van der Waals surface area contributed by atoms with E-state index >= 15 is 0 Å². The van der Waals surface area contributed by atoms with Crippen LogP contribution in [0.5, 0.6) is 0 Å². The standard InChI is InChI=1S/C13H20N2O2S/c1-3-13(6-7-13)9-15-18(16,17)11-4-5-12(14)10(2)8-11/h4-5,8,15H,3,6-7,9,14H2,1-2H3. The smallest absolute Gasteiger partial charge is 0.240 e. The molecule has 4 nitrogen and oxygen atoms in total. The third-order valence-corrected chi connectivity index (χ3v) is 5.29. The molecule has 18 heavy (non-hydrogen) atoms. The Hall–Kier alpha value is -1.07. The SMILES string of the molecule is CCC1(CNS(=O)(=O)c2ccc(N)c(C)c2)CC1. The molecule has 5 heteroatoms. The summed E-state index contributed by atoms with van der Waals surface area (Å²) in [5, 5.41) is 0. The Morgan fingerprint density at radius 3 is 2.56 bits per heavy atom. The second kappa shape index (κ2) is 4.55. The first-order valence-corrected chi connectivity index (χ1v) is 7.73. The highest BCUT2D eigenvalue weighted by atomic mass is 32.2. The van der Waals surface area contributed by atoms with Crippen LogP contribution in [0.1, 0.15) is 31.7 Å². The first kappa shape index (κ1) is 13.4. The summed E-state index contributed by atoms with van der Waals surface area (Å²) in [6.07, 6.45) is 3.26. The van der Waals surface area contributed by atoms with E-state index in [-0.39, 0.29) is 5.41 Å². The van der Waals surface area contributed by atoms with Gasteiger partial charge in [0.25, 0.3) is 0 Å². The van der Waals surface area contributed by atoms with Gasteiger partial charge in [-0.3, -0.25) is 0 Å². The summed E-state index contributed by atoms with van der Waals surface area (Å²) in [4.78, 5) is 0.293. The molecule has 0 aromatic heterocycles. The van der Waals surface area contributed by atoms with Crippen molar-refractivity contribution in [3.05, 3.63) is 23.8 Å². The minimum Gasteiger partial charge on any atom is -0.399 e. The quantitative estimate of drug-likeness (QED) is 0.803. The van der Waals surface area contributed by atoms with Crippen LogP contribution in [-0.4, -0.2) is 15.0 Å². The van der Waals surface area contributed by atoms with E-state index in [1.807, 2.05) is 6.92 Å². The molecule has 3 N–H and O–H groups in total. The van der Waals surface area contributed by atoms with Crippen molar-refractivity contribution in [2.45, 2.75) is 38.0 Å². The van der Waals surface area contributed by atoms with Crippen LogP contribution in [0.3, 0.4) is 0 Å². The van der Waals surface area contributed by atoms with Gasteiger partial charge in [0, 0.05) is 12.2 Å². The minimum atomic E-state index is -3.41. The second-order valence-corrected chi connectivity index (χ2v) is 6.96. The topological polar surface area (TPSA) is 72.2 Å². The molecule has 0 atom stereocenters. The largest absolute Gasteiger partial charge is 0.399 e. The van der Waals surface area contributed by atoms with Crippen LogP contribution >= 0.6 is 0 Å². The summed E-state index contributed by atoms with van der Waals surface area (Å²) in [5.41, 5.74) is 7.29. The van der Waals surface area contributed by atoms with E-state index in [4.69, 9.17) is 5.73 Å². The number of anilines is 1. The summed E-state index contributed by atoms with van der Waals surface area (Å²) >= 11 is 0. The number of hydrogen-bond donors (Lipinski definition) is 2. The zero-order valence-electron chi connectivity index (χ0n) is 10.9. The molecule has 1 aromatic rings. The lowest BCUT2D eigenvalue weighted by Gasteiger charge is -2.14. The van der Waals surface area contributed by atoms with Crippen molar-refractivity contribution in [1.29, 1.82) is 0 Å². The summed E-state index contributed by atoms with van der Waals surface area (Å²) in [7, 11) is -3.41. The van der Waals surface area contributed by atoms with Gasteiger partial charge in [-0.1, -0.05) is 6.92 Å². The predicted octanol–water partition coefficient (Wildman–Crippen LogP) is 2.05. The number of nitrogens with one attached hydrogen (secondary N) is 1. The third kappa shape index (κ3) is 2.67. The zero-order valence-corrected chi connectivity index (χ0v) is 11.7. The van der Waals surface area contributed by atoms with E-state index < -0.39 is 10.0 Å². The normalized spacial score (nSPS) is 17.7. The monoisotopic (exact) mass is 268 g/mol. The van der Waals surface area contributed by atoms with E-state index in [0.29, 0.717) is 17.1 Å². The van der Waals surface area contributed by atoms with E-state index in [0.717, 1.165) is 24.8 Å². The first-order valence-electron chi connectivity index (χ1n) is 6.24. The molecule has 1 aliphatic carbocycles. The Morgan fingerprint density at radius 1 is 1.39 bits per heavy atom. The fraction of sp³-hybridized carbons (Fsp3) is 0.538. The summed E-state index contributed by atoms with van der Waals surface area (Å²) in [5.74, 6) is 0. The van der Waals surface area contributed by atoms with Crippen LogP contribution in [-0.2, 0) is 10.0 Å². The third-order valence-electron chi connectivity index (χ3n) is 3.90. The first-order chi connectivity index (χ1) is 8.38. The molecule has 2 rings (SSSR count). The molecule has 0 radical (unpaired) electrons.